The van der Waals surface area contributed by atoms with E-state index in [1.165, 1.54) is 67.4 Å². The average molecular weight is 1040 g/mol. The first-order valence-corrected chi connectivity index (χ1v) is 30.6. The van der Waals surface area contributed by atoms with E-state index in [2.05, 4.69) is 211 Å². The molecule has 0 N–H and O–H groups in total. The summed E-state index contributed by atoms with van der Waals surface area (Å²) in [7, 11) is 0. The SMILES string of the molecule is CC(=Nc1c(C(C)C)cccc1C(C)C)[CH]([Hg][CH](C(C)=Nc1c(C(C)C)cccc1C(C)C)C(C)=Nc1c(C(C)C)cccc1C(C)C)C(C)=Nc1c(C(C)C)cccc1C(C)C. The standard InChI is InChI=1S/2C29H41N2.Hg/c2*1-18(2)24-13-11-14-25(19(3)4)28(24)30-22(9)17-23(10)31-29-26(20(5)6)15-12-16-27(29)21(7)8;/h2*11-21H,1-10H3;. The number of nitrogens with zero attached hydrogens (tertiary/aromatic N) is 4. The number of aliphatic imine (C=N–C) groups is 4. The number of hydrogen-bond donors (Lipinski definition) is 0. The first kappa shape index (κ1) is 52.1. The van der Waals surface area contributed by atoms with Crippen molar-refractivity contribution in [1.82, 2.24) is 0 Å². The fraction of sp³-hybridized carbons (Fsp3) is 0.517. The first-order valence-electron chi connectivity index (χ1n) is 24.3. The minimum absolute atomic E-state index is 0.126. The Hall–Kier alpha value is -3.50. The molecule has 0 spiro atoms. The van der Waals surface area contributed by atoms with E-state index in [9.17, 15) is 0 Å². The molecule has 0 atom stereocenters. The van der Waals surface area contributed by atoms with Gasteiger partial charge >= 0.3 is 400 Å². The van der Waals surface area contributed by atoms with Crippen molar-refractivity contribution < 1.29 is 24.6 Å². The third kappa shape index (κ3) is 12.9. The molecule has 0 aromatic heterocycles. The molecule has 4 nitrogen and oxygen atoms in total. The van der Waals surface area contributed by atoms with Gasteiger partial charge in [0, 0.05) is 0 Å². The number of para-hydroxylation sites is 4. The molecule has 0 unspecified atom stereocenters. The van der Waals surface area contributed by atoms with Gasteiger partial charge in [-0.25, -0.2) is 0 Å². The van der Waals surface area contributed by atoms with Gasteiger partial charge in [0.05, 0.1) is 0 Å². The van der Waals surface area contributed by atoms with Crippen molar-refractivity contribution >= 4 is 45.6 Å². The van der Waals surface area contributed by atoms with Gasteiger partial charge in [-0.05, 0) is 0 Å². The van der Waals surface area contributed by atoms with E-state index < -0.39 is 24.6 Å². The quantitative estimate of drug-likeness (QED) is 0.0704. The van der Waals surface area contributed by atoms with Crippen molar-refractivity contribution in [3.8, 4) is 0 Å². The van der Waals surface area contributed by atoms with Crippen molar-refractivity contribution in [3.05, 3.63) is 117 Å². The maximum absolute atomic E-state index is 5.78. The fourth-order valence-corrected chi connectivity index (χ4v) is 17.7. The molecular formula is C58H82HgN4. The predicted molar refractivity (Wildman–Crippen MR) is 277 cm³/mol. The molecule has 0 radical (unpaired) electrons. The van der Waals surface area contributed by atoms with E-state index in [1.807, 2.05) is 0 Å². The zero-order chi connectivity index (χ0) is 47.0. The van der Waals surface area contributed by atoms with Crippen LogP contribution in [0.1, 0.15) is 230 Å². The molecule has 0 saturated carbocycles. The van der Waals surface area contributed by atoms with Crippen molar-refractivity contribution in [3.63, 3.8) is 0 Å². The number of hydrogen-bond acceptors (Lipinski definition) is 4. The third-order valence-corrected chi connectivity index (χ3v) is 25.9. The van der Waals surface area contributed by atoms with Gasteiger partial charge in [0.2, 0.25) is 0 Å². The van der Waals surface area contributed by atoms with Crippen LogP contribution in [-0.2, 0) is 24.6 Å². The summed E-state index contributed by atoms with van der Waals surface area (Å²) in [6, 6.07) is 27.1. The second-order valence-electron chi connectivity index (χ2n) is 20.7. The van der Waals surface area contributed by atoms with Gasteiger partial charge in [-0.1, -0.05) is 0 Å². The second-order valence-corrected chi connectivity index (χ2v) is 28.9. The average Bonchev–Trinajstić information content (AvgIpc) is 3.20. The van der Waals surface area contributed by atoms with Crippen LogP contribution < -0.4 is 0 Å². The molecule has 0 heterocycles. The Morgan fingerprint density at radius 2 is 0.429 bits per heavy atom. The van der Waals surface area contributed by atoms with Gasteiger partial charge < -0.3 is 0 Å². The summed E-state index contributed by atoms with van der Waals surface area (Å²) in [5.41, 5.74) is 19.7. The Morgan fingerprint density at radius 1 is 0.286 bits per heavy atom. The Kier molecular flexibility index (Phi) is 19.1. The Labute approximate surface area is 397 Å². The molecule has 0 aliphatic rings. The van der Waals surface area contributed by atoms with E-state index in [0.29, 0.717) is 47.3 Å². The molecule has 4 aromatic carbocycles. The van der Waals surface area contributed by atoms with Crippen LogP contribution in [0.2, 0.25) is 6.85 Å². The van der Waals surface area contributed by atoms with E-state index in [1.54, 1.807) is 0 Å². The molecule has 336 valence electrons. The van der Waals surface area contributed by atoms with Gasteiger partial charge in [0.25, 0.3) is 0 Å². The minimum atomic E-state index is -2.35. The van der Waals surface area contributed by atoms with Crippen LogP contribution in [0.15, 0.2) is 92.8 Å². The number of rotatable bonds is 18. The molecule has 0 fully saturated rings. The fourth-order valence-electron chi connectivity index (χ4n) is 9.10. The van der Waals surface area contributed by atoms with Gasteiger partial charge in [-0.2, -0.15) is 0 Å². The van der Waals surface area contributed by atoms with Crippen LogP contribution in [0.5, 0.6) is 0 Å². The summed E-state index contributed by atoms with van der Waals surface area (Å²) < 4.78 is 0.251. The summed E-state index contributed by atoms with van der Waals surface area (Å²) in [6.07, 6.45) is 0. The Balaban J connectivity index is 2.16. The van der Waals surface area contributed by atoms with Crippen LogP contribution in [0.25, 0.3) is 0 Å². The Bertz CT molecular complexity index is 1870. The monoisotopic (exact) mass is 1040 g/mol. The van der Waals surface area contributed by atoms with Crippen molar-refractivity contribution in [2.24, 2.45) is 20.0 Å². The van der Waals surface area contributed by atoms with E-state index in [4.69, 9.17) is 20.0 Å². The van der Waals surface area contributed by atoms with Crippen molar-refractivity contribution in [1.29, 1.82) is 0 Å². The molecule has 4 rings (SSSR count). The summed E-state index contributed by atoms with van der Waals surface area (Å²) in [6.45, 7) is 45.9. The second kappa shape index (κ2) is 23.1. The zero-order valence-corrected chi connectivity index (χ0v) is 48.7. The van der Waals surface area contributed by atoms with Crippen LogP contribution in [-0.4, -0.2) is 22.8 Å². The van der Waals surface area contributed by atoms with E-state index in [0.717, 1.165) is 22.7 Å². The van der Waals surface area contributed by atoms with E-state index >= 15 is 0 Å². The van der Waals surface area contributed by atoms with Crippen LogP contribution >= 0.6 is 0 Å². The summed E-state index contributed by atoms with van der Waals surface area (Å²) in [5, 5.41) is 0. The van der Waals surface area contributed by atoms with Gasteiger partial charge in [-0.15, -0.1) is 0 Å². The van der Waals surface area contributed by atoms with Crippen LogP contribution in [0.3, 0.4) is 0 Å². The predicted octanol–water partition coefficient (Wildman–Crippen LogP) is 18.8. The van der Waals surface area contributed by atoms with Crippen molar-refractivity contribution in [2.45, 2.75) is 193 Å². The molecule has 4 aromatic rings. The molecule has 63 heavy (non-hydrogen) atoms. The topological polar surface area (TPSA) is 49.4 Å². The summed E-state index contributed by atoms with van der Waals surface area (Å²) in [4.78, 5) is 23.1. The van der Waals surface area contributed by atoms with Gasteiger partial charge in [0.1, 0.15) is 0 Å². The van der Waals surface area contributed by atoms with Crippen molar-refractivity contribution in [2.75, 3.05) is 0 Å². The zero-order valence-electron chi connectivity index (χ0n) is 43.2. The molecule has 0 aliphatic carbocycles. The molecule has 0 aliphatic heterocycles. The van der Waals surface area contributed by atoms with E-state index in [-0.39, 0.29) is 6.85 Å². The number of benzene rings is 4. The normalized spacial score (nSPS) is 14.4. The molecule has 0 amide bonds. The molecular weight excluding hydrogens is 953 g/mol. The van der Waals surface area contributed by atoms with Gasteiger partial charge in [-0.3, -0.25) is 0 Å². The van der Waals surface area contributed by atoms with Crippen LogP contribution in [0.4, 0.5) is 22.7 Å². The van der Waals surface area contributed by atoms with Crippen LogP contribution in [0, 0.1) is 0 Å². The maximum atomic E-state index is 5.78. The third-order valence-electron chi connectivity index (χ3n) is 13.0. The molecule has 0 bridgehead atoms. The summed E-state index contributed by atoms with van der Waals surface area (Å²) >= 11 is -2.35. The first-order chi connectivity index (χ1) is 29.6. The molecule has 5 heteroatoms. The Morgan fingerprint density at radius 3 is 0.556 bits per heavy atom. The van der Waals surface area contributed by atoms with Gasteiger partial charge in [0.15, 0.2) is 0 Å². The molecule has 0 saturated heterocycles. The summed E-state index contributed by atoms with van der Waals surface area (Å²) in [5.74, 6) is 2.80.